The van der Waals surface area contributed by atoms with Gasteiger partial charge in [-0.05, 0) is 37.0 Å². The number of benzene rings is 1. The lowest BCUT2D eigenvalue weighted by Crippen LogP contribution is -2.40. The van der Waals surface area contributed by atoms with Gasteiger partial charge in [-0.2, -0.15) is 18.3 Å². The number of hydrogen-bond acceptors (Lipinski definition) is 6. The van der Waals surface area contributed by atoms with Gasteiger partial charge in [-0.25, -0.2) is 9.67 Å². The number of aromatic nitrogens is 3. The second-order valence-electron chi connectivity index (χ2n) is 7.27. The number of methoxy groups -OCH3 is 2. The summed E-state index contributed by atoms with van der Waals surface area (Å²) < 4.78 is 50.5. The fourth-order valence-corrected chi connectivity index (χ4v) is 3.64. The monoisotopic (exact) mass is 414 g/mol. The molecular weight excluding hydrogens is 389 g/mol. The Morgan fingerprint density at radius 3 is 2.55 bits per heavy atom. The van der Waals surface area contributed by atoms with E-state index in [-0.39, 0.29) is 36.5 Å². The molecule has 29 heavy (non-hydrogen) atoms. The van der Waals surface area contributed by atoms with Gasteiger partial charge in [0.1, 0.15) is 12.4 Å². The van der Waals surface area contributed by atoms with E-state index in [0.717, 1.165) is 10.2 Å². The van der Waals surface area contributed by atoms with Crippen molar-refractivity contribution in [2.45, 2.75) is 56.5 Å². The number of nitrogens with zero attached hydrogens (tertiary/aromatic N) is 3. The number of rotatable bonds is 6. The van der Waals surface area contributed by atoms with E-state index < -0.39 is 18.8 Å². The van der Waals surface area contributed by atoms with E-state index in [4.69, 9.17) is 15.2 Å². The maximum absolute atomic E-state index is 13.1. The lowest BCUT2D eigenvalue weighted by Gasteiger charge is -2.30. The molecule has 1 fully saturated rings. The average Bonchev–Trinajstić information content (AvgIpc) is 3.04. The molecule has 1 aromatic carbocycles. The molecule has 0 unspecified atom stereocenters. The number of alkyl halides is 3. The summed E-state index contributed by atoms with van der Waals surface area (Å²) >= 11 is 0. The molecule has 160 valence electrons. The Morgan fingerprint density at radius 2 is 1.93 bits per heavy atom. The van der Waals surface area contributed by atoms with Crippen LogP contribution in [0.1, 0.15) is 42.4 Å². The second kappa shape index (κ2) is 8.58. The van der Waals surface area contributed by atoms with Crippen LogP contribution in [-0.4, -0.2) is 52.4 Å². The highest BCUT2D eigenvalue weighted by molar-refractivity contribution is 5.43. The van der Waals surface area contributed by atoms with Crippen molar-refractivity contribution >= 4 is 0 Å². The third-order valence-electron chi connectivity index (χ3n) is 5.12. The van der Waals surface area contributed by atoms with Crippen LogP contribution in [0.15, 0.2) is 18.2 Å². The lowest BCUT2D eigenvalue weighted by molar-refractivity contribution is -0.143. The first kappa shape index (κ1) is 21.4. The summed E-state index contributed by atoms with van der Waals surface area (Å²) in [6.07, 6.45) is -3.59. The van der Waals surface area contributed by atoms with Gasteiger partial charge >= 0.3 is 6.18 Å². The normalized spacial score (nSPS) is 22.5. The molecule has 0 saturated heterocycles. The van der Waals surface area contributed by atoms with Crippen LogP contribution in [0.5, 0.6) is 11.5 Å². The summed E-state index contributed by atoms with van der Waals surface area (Å²) in [6, 6.07) is 4.89. The zero-order chi connectivity index (χ0) is 21.2. The molecule has 0 amide bonds. The first-order valence-electron chi connectivity index (χ1n) is 9.35. The predicted molar refractivity (Wildman–Crippen MR) is 99.0 cm³/mol. The van der Waals surface area contributed by atoms with E-state index in [1.165, 1.54) is 14.2 Å². The molecule has 1 aliphatic rings. The van der Waals surface area contributed by atoms with Crippen molar-refractivity contribution in [1.29, 1.82) is 0 Å². The van der Waals surface area contributed by atoms with E-state index in [9.17, 15) is 18.3 Å². The van der Waals surface area contributed by atoms with Crippen LogP contribution in [0.2, 0.25) is 0 Å². The van der Waals surface area contributed by atoms with E-state index >= 15 is 0 Å². The van der Waals surface area contributed by atoms with Crippen LogP contribution in [-0.2, 0) is 13.0 Å². The smallest absolute Gasteiger partial charge is 0.408 e. The molecule has 2 aromatic rings. The molecule has 0 aliphatic heterocycles. The first-order valence-corrected chi connectivity index (χ1v) is 9.35. The molecule has 3 atom stereocenters. The van der Waals surface area contributed by atoms with Crippen LogP contribution in [0, 0.1) is 0 Å². The number of halogens is 3. The fourth-order valence-electron chi connectivity index (χ4n) is 3.64. The molecule has 1 saturated carbocycles. The van der Waals surface area contributed by atoms with Crippen LogP contribution < -0.4 is 15.2 Å². The first-order chi connectivity index (χ1) is 13.7. The summed E-state index contributed by atoms with van der Waals surface area (Å²) in [7, 11) is 3.03. The Bertz CT molecular complexity index is 841. The highest BCUT2D eigenvalue weighted by Crippen LogP contribution is 2.33. The van der Waals surface area contributed by atoms with Crippen molar-refractivity contribution in [3.05, 3.63) is 35.4 Å². The Labute approximate surface area is 166 Å². The zero-order valence-electron chi connectivity index (χ0n) is 16.3. The molecule has 0 radical (unpaired) electrons. The molecule has 0 spiro atoms. The number of nitrogens with two attached hydrogens (primary N) is 1. The highest BCUT2D eigenvalue weighted by Gasteiger charge is 2.35. The molecular formula is C19H25F3N4O3. The minimum atomic E-state index is -4.42. The highest BCUT2D eigenvalue weighted by atomic mass is 19.4. The summed E-state index contributed by atoms with van der Waals surface area (Å²) in [5, 5.41) is 14.2. The van der Waals surface area contributed by atoms with Crippen molar-refractivity contribution in [3.63, 3.8) is 0 Å². The van der Waals surface area contributed by atoms with Gasteiger partial charge in [-0.1, -0.05) is 6.07 Å². The molecule has 7 nitrogen and oxygen atoms in total. The number of ether oxygens (including phenoxy) is 2. The molecule has 10 heteroatoms. The van der Waals surface area contributed by atoms with Crippen molar-refractivity contribution in [2.75, 3.05) is 14.2 Å². The maximum atomic E-state index is 13.1. The van der Waals surface area contributed by atoms with Crippen LogP contribution >= 0.6 is 0 Å². The Balaban J connectivity index is 1.88. The van der Waals surface area contributed by atoms with Gasteiger partial charge in [-0.3, -0.25) is 0 Å². The standard InChI is InChI=1S/C19H25F3N4O3/c1-28-15-6-3-11(7-16(15)29-2)8-17-24-18(26(25-17)10-19(20,21)22)12-4-5-13(23)14(27)9-12/h3,6-7,12-14,27H,4-5,8-10,23H2,1-2H3/t12-,13-,14-/m0/s1. The summed E-state index contributed by atoms with van der Waals surface area (Å²) in [5.41, 5.74) is 6.60. The van der Waals surface area contributed by atoms with Gasteiger partial charge in [0.15, 0.2) is 17.3 Å². The van der Waals surface area contributed by atoms with E-state index in [1.807, 2.05) is 0 Å². The van der Waals surface area contributed by atoms with E-state index in [1.54, 1.807) is 18.2 Å². The van der Waals surface area contributed by atoms with E-state index in [0.29, 0.717) is 24.3 Å². The van der Waals surface area contributed by atoms with Gasteiger partial charge in [0.2, 0.25) is 0 Å². The number of aliphatic hydroxyl groups is 1. The van der Waals surface area contributed by atoms with Gasteiger partial charge < -0.3 is 20.3 Å². The van der Waals surface area contributed by atoms with Gasteiger partial charge in [0.25, 0.3) is 0 Å². The quantitative estimate of drug-likeness (QED) is 0.754. The van der Waals surface area contributed by atoms with Gasteiger partial charge in [0, 0.05) is 18.4 Å². The SMILES string of the molecule is COc1ccc(Cc2nc([C@H]3CC[C@H](N)[C@@H](O)C3)n(CC(F)(F)F)n2)cc1OC. The molecule has 0 bridgehead atoms. The molecule has 1 aliphatic carbocycles. The number of hydrogen-bond donors (Lipinski definition) is 2. The minimum absolute atomic E-state index is 0.240. The van der Waals surface area contributed by atoms with Crippen molar-refractivity contribution in [3.8, 4) is 11.5 Å². The topological polar surface area (TPSA) is 95.4 Å². The largest absolute Gasteiger partial charge is 0.493 e. The second-order valence-corrected chi connectivity index (χ2v) is 7.27. The van der Waals surface area contributed by atoms with Gasteiger partial charge in [0.05, 0.1) is 20.3 Å². The third-order valence-corrected chi connectivity index (χ3v) is 5.12. The Morgan fingerprint density at radius 1 is 1.21 bits per heavy atom. The average molecular weight is 414 g/mol. The predicted octanol–water partition coefficient (Wildman–Crippen LogP) is 2.40. The summed E-state index contributed by atoms with van der Waals surface area (Å²) in [4.78, 5) is 4.40. The fraction of sp³-hybridized carbons (Fsp3) is 0.579. The lowest BCUT2D eigenvalue weighted by atomic mass is 9.84. The summed E-state index contributed by atoms with van der Waals surface area (Å²) in [6.45, 7) is -1.22. The number of aliphatic hydroxyl groups excluding tert-OH is 1. The van der Waals surface area contributed by atoms with Crippen LogP contribution in [0.3, 0.4) is 0 Å². The minimum Gasteiger partial charge on any atom is -0.493 e. The molecule has 1 aromatic heterocycles. The third kappa shape index (κ3) is 5.18. The molecule has 1 heterocycles. The van der Waals surface area contributed by atoms with Crippen molar-refractivity contribution < 1.29 is 27.8 Å². The van der Waals surface area contributed by atoms with Crippen molar-refractivity contribution in [2.24, 2.45) is 5.73 Å². The van der Waals surface area contributed by atoms with Crippen molar-refractivity contribution in [1.82, 2.24) is 14.8 Å². The Hall–Kier alpha value is -2.33. The van der Waals surface area contributed by atoms with Crippen LogP contribution in [0.4, 0.5) is 13.2 Å². The maximum Gasteiger partial charge on any atom is 0.408 e. The zero-order valence-corrected chi connectivity index (χ0v) is 16.3. The molecule has 3 N–H and O–H groups in total. The van der Waals surface area contributed by atoms with Crippen LogP contribution in [0.25, 0.3) is 0 Å². The van der Waals surface area contributed by atoms with Gasteiger partial charge in [-0.15, -0.1) is 0 Å². The molecule has 3 rings (SSSR count). The van der Waals surface area contributed by atoms with E-state index in [2.05, 4.69) is 10.1 Å². The summed E-state index contributed by atoms with van der Waals surface area (Å²) in [5.74, 6) is 1.27. The Kier molecular flexibility index (Phi) is 6.33.